The summed E-state index contributed by atoms with van der Waals surface area (Å²) in [7, 11) is 3.13. The molecule has 2 heterocycles. The predicted octanol–water partition coefficient (Wildman–Crippen LogP) is 3.97. The van der Waals surface area contributed by atoms with Gasteiger partial charge in [0.2, 0.25) is 0 Å². The van der Waals surface area contributed by atoms with E-state index in [4.69, 9.17) is 9.47 Å². The van der Waals surface area contributed by atoms with Gasteiger partial charge in [-0.2, -0.15) is 0 Å². The van der Waals surface area contributed by atoms with Gasteiger partial charge in [-0.25, -0.2) is 4.39 Å². The minimum Gasteiger partial charge on any atom is -0.493 e. The van der Waals surface area contributed by atoms with Gasteiger partial charge >= 0.3 is 0 Å². The quantitative estimate of drug-likeness (QED) is 0.745. The molecule has 2 saturated heterocycles. The lowest BCUT2D eigenvalue weighted by molar-refractivity contribution is 0.0769. The van der Waals surface area contributed by atoms with Crippen LogP contribution in [0.4, 0.5) is 4.39 Å². The number of carbonyl (C=O) groups is 1. The number of nitrogens with zero attached hydrogens (tertiary/aromatic N) is 2. The first kappa shape index (κ1) is 20.7. The Balaban J connectivity index is 1.54. The smallest absolute Gasteiger partial charge is 0.257 e. The summed E-state index contributed by atoms with van der Waals surface area (Å²) in [4.78, 5) is 17.7. The Labute approximate surface area is 177 Å². The summed E-state index contributed by atoms with van der Waals surface area (Å²) in [6.45, 7) is 3.11. The first-order valence-electron chi connectivity index (χ1n) is 10.6. The molecule has 0 spiro atoms. The maximum absolute atomic E-state index is 13.7. The lowest BCUT2D eigenvalue weighted by Gasteiger charge is -2.30. The Kier molecular flexibility index (Phi) is 6.23. The molecule has 2 aliphatic rings. The first-order valence-corrected chi connectivity index (χ1v) is 10.6. The number of methoxy groups -OCH3 is 2. The van der Waals surface area contributed by atoms with Crippen molar-refractivity contribution in [3.8, 4) is 11.5 Å². The lowest BCUT2D eigenvalue weighted by Crippen LogP contribution is -2.40. The molecule has 30 heavy (non-hydrogen) atoms. The largest absolute Gasteiger partial charge is 0.493 e. The van der Waals surface area contributed by atoms with Crippen molar-refractivity contribution in [1.82, 2.24) is 9.80 Å². The summed E-state index contributed by atoms with van der Waals surface area (Å²) in [5.74, 6) is 1.25. The van der Waals surface area contributed by atoms with Crippen LogP contribution in [0.5, 0.6) is 11.5 Å². The summed E-state index contributed by atoms with van der Waals surface area (Å²) in [5.41, 5.74) is 1.51. The SMILES string of the molecule is COc1cccc(C(=O)N2C[C@@H]3CCCCN(Cc4cccc(F)c4)[C@@H]3C2)c1OC. The lowest BCUT2D eigenvalue weighted by atomic mass is 9.98. The zero-order valence-electron chi connectivity index (χ0n) is 17.6. The van der Waals surface area contributed by atoms with E-state index in [1.54, 1.807) is 38.5 Å². The van der Waals surface area contributed by atoms with Crippen molar-refractivity contribution in [2.45, 2.75) is 31.8 Å². The molecule has 0 unspecified atom stereocenters. The Morgan fingerprint density at radius 2 is 1.93 bits per heavy atom. The molecule has 2 aliphatic heterocycles. The molecule has 0 aromatic heterocycles. The van der Waals surface area contributed by atoms with Crippen molar-refractivity contribution in [1.29, 1.82) is 0 Å². The summed E-state index contributed by atoms with van der Waals surface area (Å²) >= 11 is 0. The highest BCUT2D eigenvalue weighted by Gasteiger charge is 2.40. The van der Waals surface area contributed by atoms with Crippen molar-refractivity contribution < 1.29 is 18.7 Å². The maximum atomic E-state index is 13.7. The Bertz CT molecular complexity index is 904. The van der Waals surface area contributed by atoms with E-state index in [1.807, 2.05) is 17.0 Å². The monoisotopic (exact) mass is 412 g/mol. The summed E-state index contributed by atoms with van der Waals surface area (Å²) in [6.07, 6.45) is 3.41. The second-order valence-corrected chi connectivity index (χ2v) is 8.17. The molecule has 4 rings (SSSR count). The van der Waals surface area contributed by atoms with Gasteiger partial charge in [0, 0.05) is 25.7 Å². The molecule has 0 radical (unpaired) electrons. The number of benzene rings is 2. The summed E-state index contributed by atoms with van der Waals surface area (Å²) in [6, 6.07) is 12.5. The van der Waals surface area contributed by atoms with Crippen molar-refractivity contribution in [3.63, 3.8) is 0 Å². The van der Waals surface area contributed by atoms with Crippen LogP contribution in [0.3, 0.4) is 0 Å². The zero-order valence-corrected chi connectivity index (χ0v) is 17.6. The Hall–Kier alpha value is -2.60. The second kappa shape index (κ2) is 9.04. The number of carbonyl (C=O) groups excluding carboxylic acids is 1. The molecule has 2 aromatic carbocycles. The standard InChI is InChI=1S/C24H29FN2O3/c1-29-22-11-6-10-20(23(22)30-2)24(28)27-15-18-8-3-4-12-26(21(18)16-27)14-17-7-5-9-19(25)13-17/h5-7,9-11,13,18,21H,3-4,8,12,14-16H2,1-2H3/t18-,21+/m0/s1. The van der Waals surface area contributed by atoms with E-state index in [9.17, 15) is 9.18 Å². The highest BCUT2D eigenvalue weighted by Crippen LogP contribution is 2.35. The highest BCUT2D eigenvalue weighted by atomic mass is 19.1. The van der Waals surface area contributed by atoms with Crippen molar-refractivity contribution in [2.75, 3.05) is 33.9 Å². The number of hydrogen-bond donors (Lipinski definition) is 0. The van der Waals surface area contributed by atoms with Crippen LogP contribution >= 0.6 is 0 Å². The van der Waals surface area contributed by atoms with E-state index in [1.165, 1.54) is 6.07 Å². The predicted molar refractivity (Wildman–Crippen MR) is 113 cm³/mol. The number of hydrogen-bond acceptors (Lipinski definition) is 4. The average molecular weight is 413 g/mol. The van der Waals surface area contributed by atoms with E-state index in [0.29, 0.717) is 36.1 Å². The fourth-order valence-electron chi connectivity index (χ4n) is 4.90. The topological polar surface area (TPSA) is 42.0 Å². The summed E-state index contributed by atoms with van der Waals surface area (Å²) < 4.78 is 24.5. The van der Waals surface area contributed by atoms with Crippen LogP contribution in [0.1, 0.15) is 35.2 Å². The molecular weight excluding hydrogens is 383 g/mol. The molecule has 6 heteroatoms. The molecule has 2 aromatic rings. The molecule has 1 amide bonds. The zero-order chi connectivity index (χ0) is 21.1. The van der Waals surface area contributed by atoms with Crippen molar-refractivity contribution >= 4 is 5.91 Å². The van der Waals surface area contributed by atoms with Crippen LogP contribution in [0.25, 0.3) is 0 Å². The van der Waals surface area contributed by atoms with Crippen LogP contribution in [0, 0.1) is 11.7 Å². The third-order valence-electron chi connectivity index (χ3n) is 6.34. The number of amides is 1. The van der Waals surface area contributed by atoms with Gasteiger partial charge in [-0.05, 0) is 55.1 Å². The van der Waals surface area contributed by atoms with Gasteiger partial charge < -0.3 is 14.4 Å². The van der Waals surface area contributed by atoms with Crippen LogP contribution in [0.2, 0.25) is 0 Å². The minimum absolute atomic E-state index is 0.0236. The van der Waals surface area contributed by atoms with E-state index in [-0.39, 0.29) is 17.8 Å². The average Bonchev–Trinajstić information content (AvgIpc) is 3.10. The molecule has 0 saturated carbocycles. The number of likely N-dealkylation sites (tertiary alicyclic amines) is 2. The Morgan fingerprint density at radius 1 is 1.10 bits per heavy atom. The number of fused-ring (bicyclic) bond motifs is 1. The van der Waals surface area contributed by atoms with Gasteiger partial charge in [0.1, 0.15) is 5.82 Å². The second-order valence-electron chi connectivity index (χ2n) is 8.17. The third-order valence-corrected chi connectivity index (χ3v) is 6.34. The van der Waals surface area contributed by atoms with E-state index in [2.05, 4.69) is 4.90 Å². The molecule has 2 atom stereocenters. The fraction of sp³-hybridized carbons (Fsp3) is 0.458. The number of ether oxygens (including phenoxy) is 2. The molecule has 160 valence electrons. The van der Waals surface area contributed by atoms with Crippen molar-refractivity contribution in [3.05, 3.63) is 59.4 Å². The van der Waals surface area contributed by atoms with Gasteiger partial charge in [0.25, 0.3) is 5.91 Å². The number of halogens is 1. The van der Waals surface area contributed by atoms with Gasteiger partial charge in [-0.1, -0.05) is 24.6 Å². The van der Waals surface area contributed by atoms with Gasteiger partial charge in [0.15, 0.2) is 11.5 Å². The van der Waals surface area contributed by atoms with E-state index < -0.39 is 0 Å². The van der Waals surface area contributed by atoms with Crippen LogP contribution < -0.4 is 9.47 Å². The Morgan fingerprint density at radius 3 is 2.70 bits per heavy atom. The number of rotatable bonds is 5. The third kappa shape index (κ3) is 4.15. The van der Waals surface area contributed by atoms with Crippen LogP contribution in [0.15, 0.2) is 42.5 Å². The molecule has 5 nitrogen and oxygen atoms in total. The molecule has 0 bridgehead atoms. The van der Waals surface area contributed by atoms with E-state index >= 15 is 0 Å². The highest BCUT2D eigenvalue weighted by molar-refractivity contribution is 5.98. The first-order chi connectivity index (χ1) is 14.6. The fourth-order valence-corrected chi connectivity index (χ4v) is 4.90. The minimum atomic E-state index is -0.202. The normalized spacial score (nSPS) is 21.8. The summed E-state index contributed by atoms with van der Waals surface area (Å²) in [5, 5.41) is 0. The van der Waals surface area contributed by atoms with Gasteiger partial charge in [-0.15, -0.1) is 0 Å². The maximum Gasteiger partial charge on any atom is 0.257 e. The molecular formula is C24H29FN2O3. The van der Waals surface area contributed by atoms with Crippen molar-refractivity contribution in [2.24, 2.45) is 5.92 Å². The van der Waals surface area contributed by atoms with E-state index in [0.717, 1.165) is 37.9 Å². The van der Waals surface area contributed by atoms with Gasteiger partial charge in [-0.3, -0.25) is 9.69 Å². The van der Waals surface area contributed by atoms with Crippen LogP contribution in [-0.4, -0.2) is 55.6 Å². The number of para-hydroxylation sites is 1. The molecule has 2 fully saturated rings. The molecule has 0 N–H and O–H groups in total. The van der Waals surface area contributed by atoms with Crippen LogP contribution in [-0.2, 0) is 6.54 Å². The molecule has 0 aliphatic carbocycles. The van der Waals surface area contributed by atoms with Gasteiger partial charge in [0.05, 0.1) is 19.8 Å².